The molecular weight excluding hydrogens is 228 g/mol. The van der Waals surface area contributed by atoms with Crippen LogP contribution in [0.15, 0.2) is 37.1 Å². The molecule has 2 aromatic rings. The van der Waals surface area contributed by atoms with Gasteiger partial charge < -0.3 is 14.6 Å². The van der Waals surface area contributed by atoms with Crippen LogP contribution in [-0.2, 0) is 6.54 Å². The number of nitrogens with one attached hydrogen (secondary N) is 1. The Labute approximate surface area is 107 Å². The first kappa shape index (κ1) is 12.4. The van der Waals surface area contributed by atoms with Crippen molar-refractivity contribution in [3.63, 3.8) is 0 Å². The van der Waals surface area contributed by atoms with Crippen LogP contribution >= 0.6 is 0 Å². The molecule has 0 saturated heterocycles. The zero-order valence-electron chi connectivity index (χ0n) is 10.7. The van der Waals surface area contributed by atoms with Crippen LogP contribution in [0.25, 0.3) is 0 Å². The van der Waals surface area contributed by atoms with Crippen molar-refractivity contribution in [3.05, 3.63) is 37.1 Å². The first-order valence-electron chi connectivity index (χ1n) is 6.07. The van der Waals surface area contributed by atoms with Crippen LogP contribution in [0.4, 0.5) is 5.82 Å². The van der Waals surface area contributed by atoms with Gasteiger partial charge in [0.1, 0.15) is 0 Å². The topological polar surface area (TPSA) is 52.0 Å². The van der Waals surface area contributed by atoms with Gasteiger partial charge in [-0.05, 0) is 26.0 Å². The summed E-state index contributed by atoms with van der Waals surface area (Å²) < 4.78 is 7.70. The number of nitrogens with zero attached hydrogens (tertiary/aromatic N) is 3. The average molecular weight is 246 g/mol. The summed E-state index contributed by atoms with van der Waals surface area (Å²) >= 11 is 0. The smallest absolute Gasteiger partial charge is 0.168 e. The van der Waals surface area contributed by atoms with Crippen LogP contribution in [0.3, 0.4) is 0 Å². The highest BCUT2D eigenvalue weighted by Crippen LogP contribution is 2.21. The number of anilines is 1. The van der Waals surface area contributed by atoms with Crippen molar-refractivity contribution in [2.75, 3.05) is 11.9 Å². The summed E-state index contributed by atoms with van der Waals surface area (Å²) in [5.41, 5.74) is 0. The van der Waals surface area contributed by atoms with Crippen LogP contribution in [0, 0.1) is 0 Å². The molecule has 96 valence electrons. The fraction of sp³-hybridized carbons (Fsp3) is 0.385. The molecule has 0 radical (unpaired) electrons. The van der Waals surface area contributed by atoms with Crippen LogP contribution in [0.2, 0.25) is 0 Å². The molecule has 0 spiro atoms. The van der Waals surface area contributed by atoms with Crippen LogP contribution < -0.4 is 10.1 Å². The summed E-state index contributed by atoms with van der Waals surface area (Å²) in [6, 6.07) is 3.80. The molecule has 0 aliphatic rings. The molecule has 0 fully saturated rings. The molecule has 0 unspecified atom stereocenters. The summed E-state index contributed by atoms with van der Waals surface area (Å²) in [5, 5.41) is 3.27. The van der Waals surface area contributed by atoms with Gasteiger partial charge in [-0.3, -0.25) is 0 Å². The van der Waals surface area contributed by atoms with Gasteiger partial charge in [0.25, 0.3) is 0 Å². The molecule has 0 saturated carbocycles. The van der Waals surface area contributed by atoms with Crippen LogP contribution in [0.5, 0.6) is 5.75 Å². The lowest BCUT2D eigenvalue weighted by atomic mass is 10.4. The lowest BCUT2D eigenvalue weighted by molar-refractivity contribution is 0.243. The van der Waals surface area contributed by atoms with Gasteiger partial charge in [-0.25, -0.2) is 9.97 Å². The highest BCUT2D eigenvalue weighted by molar-refractivity contribution is 5.49. The normalized spacial score (nSPS) is 10.6. The number of rotatable bonds is 6. The second-order valence-corrected chi connectivity index (χ2v) is 4.24. The Morgan fingerprint density at radius 1 is 1.39 bits per heavy atom. The van der Waals surface area contributed by atoms with Crippen molar-refractivity contribution in [1.29, 1.82) is 0 Å². The van der Waals surface area contributed by atoms with E-state index in [1.807, 2.05) is 36.7 Å². The minimum Gasteiger partial charge on any atom is -0.487 e. The number of ether oxygens (including phenoxy) is 1. The van der Waals surface area contributed by atoms with E-state index >= 15 is 0 Å². The third-order valence-electron chi connectivity index (χ3n) is 2.36. The molecule has 0 amide bonds. The zero-order valence-corrected chi connectivity index (χ0v) is 10.7. The van der Waals surface area contributed by atoms with Gasteiger partial charge in [0.05, 0.1) is 12.4 Å². The molecule has 0 aliphatic heterocycles. The third-order valence-corrected chi connectivity index (χ3v) is 2.36. The Morgan fingerprint density at radius 3 is 3.00 bits per heavy atom. The fourth-order valence-corrected chi connectivity index (χ4v) is 1.59. The summed E-state index contributed by atoms with van der Waals surface area (Å²) in [4.78, 5) is 8.29. The van der Waals surface area contributed by atoms with Crippen molar-refractivity contribution >= 4 is 5.82 Å². The Bertz CT molecular complexity index is 468. The molecule has 2 rings (SSSR count). The minimum atomic E-state index is 0.142. The van der Waals surface area contributed by atoms with Crippen molar-refractivity contribution in [3.8, 4) is 5.75 Å². The maximum atomic E-state index is 5.69. The number of hydrogen-bond donors (Lipinski definition) is 1. The largest absolute Gasteiger partial charge is 0.487 e. The third kappa shape index (κ3) is 3.48. The van der Waals surface area contributed by atoms with E-state index in [9.17, 15) is 0 Å². The Kier molecular flexibility index (Phi) is 4.17. The molecule has 5 heteroatoms. The van der Waals surface area contributed by atoms with Gasteiger partial charge in [-0.1, -0.05) is 0 Å². The van der Waals surface area contributed by atoms with E-state index in [-0.39, 0.29) is 6.10 Å². The minimum absolute atomic E-state index is 0.142. The summed E-state index contributed by atoms with van der Waals surface area (Å²) in [6.07, 6.45) is 7.40. The van der Waals surface area contributed by atoms with Crippen LogP contribution in [-0.4, -0.2) is 27.2 Å². The molecule has 0 aromatic carbocycles. The van der Waals surface area contributed by atoms with Crippen molar-refractivity contribution in [2.45, 2.75) is 26.5 Å². The lowest BCUT2D eigenvalue weighted by Crippen LogP contribution is -2.13. The number of pyridine rings is 1. The van der Waals surface area contributed by atoms with E-state index in [1.54, 1.807) is 18.7 Å². The van der Waals surface area contributed by atoms with E-state index in [2.05, 4.69) is 15.3 Å². The van der Waals surface area contributed by atoms with Gasteiger partial charge in [0.2, 0.25) is 0 Å². The summed E-state index contributed by atoms with van der Waals surface area (Å²) in [7, 11) is 0. The number of aromatic nitrogens is 3. The second-order valence-electron chi connectivity index (χ2n) is 4.24. The van der Waals surface area contributed by atoms with Gasteiger partial charge in [-0.15, -0.1) is 0 Å². The first-order chi connectivity index (χ1) is 8.75. The van der Waals surface area contributed by atoms with Gasteiger partial charge in [-0.2, -0.15) is 0 Å². The van der Waals surface area contributed by atoms with E-state index in [0.717, 1.165) is 24.7 Å². The molecule has 18 heavy (non-hydrogen) atoms. The monoisotopic (exact) mass is 246 g/mol. The maximum Gasteiger partial charge on any atom is 0.168 e. The quantitative estimate of drug-likeness (QED) is 0.848. The Balaban J connectivity index is 1.92. The molecule has 0 atom stereocenters. The summed E-state index contributed by atoms with van der Waals surface area (Å²) in [5.74, 6) is 1.57. The lowest BCUT2D eigenvalue weighted by Gasteiger charge is -2.14. The highest BCUT2D eigenvalue weighted by atomic mass is 16.5. The van der Waals surface area contributed by atoms with Gasteiger partial charge >= 0.3 is 0 Å². The average Bonchev–Trinajstić information content (AvgIpc) is 2.84. The predicted octanol–water partition coefficient (Wildman–Crippen LogP) is 2.18. The standard InChI is InChI=1S/C13H18N4O/c1-11(2)18-12-4-3-5-15-13(12)16-7-9-17-8-6-14-10-17/h3-6,8,10-11H,7,9H2,1-2H3,(H,15,16). The van der Waals surface area contributed by atoms with E-state index in [4.69, 9.17) is 4.74 Å². The maximum absolute atomic E-state index is 5.69. The SMILES string of the molecule is CC(C)Oc1cccnc1NCCn1ccnc1. The summed E-state index contributed by atoms with van der Waals surface area (Å²) in [6.45, 7) is 5.63. The van der Waals surface area contributed by atoms with Gasteiger partial charge in [0, 0.05) is 31.7 Å². The fourth-order valence-electron chi connectivity index (χ4n) is 1.59. The molecule has 0 aliphatic carbocycles. The van der Waals surface area contributed by atoms with Crippen LogP contribution in [0.1, 0.15) is 13.8 Å². The number of imidazole rings is 1. The Morgan fingerprint density at radius 2 is 2.28 bits per heavy atom. The van der Waals surface area contributed by atoms with E-state index in [1.165, 1.54) is 0 Å². The van der Waals surface area contributed by atoms with Crippen molar-refractivity contribution in [1.82, 2.24) is 14.5 Å². The first-order valence-corrected chi connectivity index (χ1v) is 6.07. The molecule has 0 bridgehead atoms. The molecule has 2 heterocycles. The molecule has 5 nitrogen and oxygen atoms in total. The molecule has 2 aromatic heterocycles. The number of hydrogen-bond acceptors (Lipinski definition) is 4. The van der Waals surface area contributed by atoms with Crippen molar-refractivity contribution < 1.29 is 4.74 Å². The highest BCUT2D eigenvalue weighted by Gasteiger charge is 2.05. The van der Waals surface area contributed by atoms with E-state index in [0.29, 0.717) is 0 Å². The predicted molar refractivity (Wildman–Crippen MR) is 70.7 cm³/mol. The second kappa shape index (κ2) is 6.05. The zero-order chi connectivity index (χ0) is 12.8. The molecular formula is C13H18N4O. The Hall–Kier alpha value is -2.04. The van der Waals surface area contributed by atoms with E-state index < -0.39 is 0 Å². The molecule has 1 N–H and O–H groups in total. The van der Waals surface area contributed by atoms with Crippen molar-refractivity contribution in [2.24, 2.45) is 0 Å². The van der Waals surface area contributed by atoms with Gasteiger partial charge in [0.15, 0.2) is 11.6 Å².